The number of tetrazole rings is 1. The normalized spacial score (nSPS) is 19.8. The molecular formula is C22H33N7O. The molecule has 2 aromatic rings. The van der Waals surface area contributed by atoms with E-state index in [9.17, 15) is 4.79 Å². The molecule has 0 bridgehead atoms. The highest BCUT2D eigenvalue weighted by atomic mass is 16.1. The van der Waals surface area contributed by atoms with Gasteiger partial charge in [0.15, 0.2) is 0 Å². The largest absolute Gasteiger partial charge is 0.353 e. The molecule has 2 saturated heterocycles. The fourth-order valence-electron chi connectivity index (χ4n) is 4.49. The second kappa shape index (κ2) is 10.1. The summed E-state index contributed by atoms with van der Waals surface area (Å²) in [6.45, 7) is 5.21. The Hall–Kier alpha value is -2.32. The highest BCUT2D eigenvalue weighted by molar-refractivity contribution is 5.76. The lowest BCUT2D eigenvalue weighted by molar-refractivity contribution is -0.122. The van der Waals surface area contributed by atoms with Crippen LogP contribution in [-0.4, -0.2) is 81.2 Å². The number of hydrogen-bond donors (Lipinski definition) is 1. The molecule has 0 saturated carbocycles. The molecular weight excluding hydrogens is 378 g/mol. The van der Waals surface area contributed by atoms with E-state index >= 15 is 0 Å². The third-order valence-electron chi connectivity index (χ3n) is 6.35. The van der Waals surface area contributed by atoms with Crippen molar-refractivity contribution in [2.45, 2.75) is 57.2 Å². The summed E-state index contributed by atoms with van der Waals surface area (Å²) in [4.78, 5) is 19.0. The van der Waals surface area contributed by atoms with E-state index in [0.717, 1.165) is 37.5 Å². The van der Waals surface area contributed by atoms with Crippen molar-refractivity contribution in [2.75, 3.05) is 33.2 Å². The van der Waals surface area contributed by atoms with Gasteiger partial charge in [-0.25, -0.2) is 0 Å². The van der Waals surface area contributed by atoms with E-state index in [1.54, 1.807) is 4.80 Å². The molecule has 162 valence electrons. The average Bonchev–Trinajstić information content (AvgIpc) is 3.24. The molecule has 8 nitrogen and oxygen atoms in total. The summed E-state index contributed by atoms with van der Waals surface area (Å²) in [5.41, 5.74) is 0.952. The number of nitrogens with zero attached hydrogens (tertiary/aromatic N) is 6. The summed E-state index contributed by atoms with van der Waals surface area (Å²) in [6.07, 6.45) is 5.88. The minimum absolute atomic E-state index is 0.135. The molecule has 0 radical (unpaired) electrons. The van der Waals surface area contributed by atoms with Crippen LogP contribution < -0.4 is 5.32 Å². The van der Waals surface area contributed by atoms with Gasteiger partial charge in [-0.15, -0.1) is 10.2 Å². The van der Waals surface area contributed by atoms with Crippen LogP contribution in [0.4, 0.5) is 0 Å². The number of amides is 1. The lowest BCUT2D eigenvalue weighted by Gasteiger charge is -2.41. The number of likely N-dealkylation sites (tertiary alicyclic amines) is 2. The van der Waals surface area contributed by atoms with Gasteiger partial charge in [-0.3, -0.25) is 4.79 Å². The molecule has 2 aliphatic heterocycles. The molecule has 0 unspecified atom stereocenters. The summed E-state index contributed by atoms with van der Waals surface area (Å²) >= 11 is 0. The molecule has 1 aromatic heterocycles. The number of hydrogen-bond acceptors (Lipinski definition) is 6. The molecule has 1 N–H and O–H groups in total. The average molecular weight is 412 g/mol. The van der Waals surface area contributed by atoms with Gasteiger partial charge in [-0.2, -0.15) is 4.80 Å². The number of aromatic nitrogens is 4. The maximum atomic E-state index is 12.4. The molecule has 2 aliphatic rings. The summed E-state index contributed by atoms with van der Waals surface area (Å²) < 4.78 is 0. The van der Waals surface area contributed by atoms with Crippen LogP contribution in [0.1, 0.15) is 38.5 Å². The van der Waals surface area contributed by atoms with Gasteiger partial charge in [0.1, 0.15) is 0 Å². The molecule has 3 heterocycles. The van der Waals surface area contributed by atoms with Crippen LogP contribution in [0.5, 0.6) is 0 Å². The minimum atomic E-state index is 0.135. The summed E-state index contributed by atoms with van der Waals surface area (Å²) in [7, 11) is 2.21. The molecule has 2 fully saturated rings. The van der Waals surface area contributed by atoms with Crippen LogP contribution in [0.15, 0.2) is 30.3 Å². The van der Waals surface area contributed by atoms with E-state index in [4.69, 9.17) is 0 Å². The first kappa shape index (κ1) is 20.9. The van der Waals surface area contributed by atoms with Crippen molar-refractivity contribution in [3.05, 3.63) is 30.3 Å². The van der Waals surface area contributed by atoms with E-state index in [-0.39, 0.29) is 5.91 Å². The molecule has 0 aliphatic carbocycles. The van der Waals surface area contributed by atoms with Crippen molar-refractivity contribution >= 4 is 5.91 Å². The zero-order valence-corrected chi connectivity index (χ0v) is 17.9. The first-order valence-electron chi connectivity index (χ1n) is 11.2. The standard InChI is InChI=1S/C22H33N7O/c1-27-14-11-20(12-15-27)28-16-9-19(10-17-28)23-21(30)8-5-13-29-25-22(24-26-29)18-6-3-2-4-7-18/h2-4,6-7,19-20H,5,8-17H2,1H3,(H,23,30). The number of benzene rings is 1. The van der Waals surface area contributed by atoms with Crippen LogP contribution in [-0.2, 0) is 11.3 Å². The summed E-state index contributed by atoms with van der Waals surface area (Å²) in [5.74, 6) is 0.757. The molecule has 8 heteroatoms. The zero-order chi connectivity index (χ0) is 20.8. The SMILES string of the molecule is CN1CCC(N2CCC(NC(=O)CCCn3nnc(-c4ccccc4)n3)CC2)CC1. The zero-order valence-electron chi connectivity index (χ0n) is 17.9. The van der Waals surface area contributed by atoms with Crippen molar-refractivity contribution in [3.8, 4) is 11.4 Å². The Morgan fingerprint density at radius 3 is 2.53 bits per heavy atom. The highest BCUT2D eigenvalue weighted by Crippen LogP contribution is 2.20. The van der Waals surface area contributed by atoms with Gasteiger partial charge >= 0.3 is 0 Å². The number of rotatable bonds is 7. The van der Waals surface area contributed by atoms with Crippen molar-refractivity contribution in [1.29, 1.82) is 0 Å². The highest BCUT2D eigenvalue weighted by Gasteiger charge is 2.27. The quantitative estimate of drug-likeness (QED) is 0.748. The second-order valence-corrected chi connectivity index (χ2v) is 8.59. The van der Waals surface area contributed by atoms with E-state index in [1.165, 1.54) is 25.9 Å². The molecule has 0 atom stereocenters. The molecule has 1 aromatic carbocycles. The van der Waals surface area contributed by atoms with Crippen molar-refractivity contribution in [2.24, 2.45) is 0 Å². The second-order valence-electron chi connectivity index (χ2n) is 8.59. The maximum Gasteiger partial charge on any atom is 0.220 e. The first-order chi connectivity index (χ1) is 14.7. The molecule has 4 rings (SSSR count). The fraction of sp³-hybridized carbons (Fsp3) is 0.636. The topological polar surface area (TPSA) is 79.2 Å². The molecule has 30 heavy (non-hydrogen) atoms. The van der Waals surface area contributed by atoms with Gasteiger partial charge in [-0.1, -0.05) is 30.3 Å². The minimum Gasteiger partial charge on any atom is -0.353 e. The first-order valence-corrected chi connectivity index (χ1v) is 11.2. The maximum absolute atomic E-state index is 12.4. The lowest BCUT2D eigenvalue weighted by Crippen LogP contribution is -2.50. The van der Waals surface area contributed by atoms with E-state index in [2.05, 4.69) is 37.6 Å². The van der Waals surface area contributed by atoms with Crippen LogP contribution in [0.25, 0.3) is 11.4 Å². The van der Waals surface area contributed by atoms with Crippen LogP contribution >= 0.6 is 0 Å². The summed E-state index contributed by atoms with van der Waals surface area (Å²) in [5, 5.41) is 15.8. The number of carbonyl (C=O) groups is 1. The van der Waals surface area contributed by atoms with Gasteiger partial charge < -0.3 is 15.1 Å². The van der Waals surface area contributed by atoms with E-state index in [1.807, 2.05) is 30.3 Å². The molecule has 1 amide bonds. The van der Waals surface area contributed by atoms with Crippen LogP contribution in [0.2, 0.25) is 0 Å². The van der Waals surface area contributed by atoms with Crippen molar-refractivity contribution < 1.29 is 4.79 Å². The van der Waals surface area contributed by atoms with Crippen LogP contribution in [0.3, 0.4) is 0 Å². The van der Waals surface area contributed by atoms with Crippen molar-refractivity contribution in [1.82, 2.24) is 35.3 Å². The smallest absolute Gasteiger partial charge is 0.220 e. The van der Waals surface area contributed by atoms with Gasteiger partial charge in [0.05, 0.1) is 6.54 Å². The monoisotopic (exact) mass is 411 g/mol. The number of carbonyl (C=O) groups excluding carboxylic acids is 1. The van der Waals surface area contributed by atoms with Gasteiger partial charge in [0, 0.05) is 37.2 Å². The molecule has 0 spiro atoms. The Morgan fingerprint density at radius 2 is 1.80 bits per heavy atom. The Balaban J connectivity index is 1.14. The Kier molecular flexibility index (Phi) is 7.07. The number of piperidine rings is 2. The van der Waals surface area contributed by atoms with E-state index in [0.29, 0.717) is 31.3 Å². The van der Waals surface area contributed by atoms with Gasteiger partial charge in [0.2, 0.25) is 11.7 Å². The Labute approximate surface area is 178 Å². The lowest BCUT2D eigenvalue weighted by atomic mass is 9.98. The number of aryl methyl sites for hydroxylation is 1. The van der Waals surface area contributed by atoms with Gasteiger partial charge in [-0.05, 0) is 57.5 Å². The van der Waals surface area contributed by atoms with E-state index < -0.39 is 0 Å². The third-order valence-corrected chi connectivity index (χ3v) is 6.35. The van der Waals surface area contributed by atoms with Gasteiger partial charge in [0.25, 0.3) is 0 Å². The fourth-order valence-corrected chi connectivity index (χ4v) is 4.49. The predicted molar refractivity (Wildman–Crippen MR) is 116 cm³/mol. The van der Waals surface area contributed by atoms with Crippen molar-refractivity contribution in [3.63, 3.8) is 0 Å². The van der Waals surface area contributed by atoms with Crippen LogP contribution in [0, 0.1) is 0 Å². The Bertz CT molecular complexity index is 793. The third kappa shape index (κ3) is 5.64. The predicted octanol–water partition coefficient (Wildman–Crippen LogP) is 1.80. The Morgan fingerprint density at radius 1 is 1.07 bits per heavy atom. The number of nitrogens with one attached hydrogen (secondary N) is 1. The summed E-state index contributed by atoms with van der Waals surface area (Å²) in [6, 6.07) is 10.9.